The molecule has 0 saturated heterocycles. The second kappa shape index (κ2) is 8.88. The third kappa shape index (κ3) is 4.51. The summed E-state index contributed by atoms with van der Waals surface area (Å²) in [7, 11) is 0. The van der Waals surface area contributed by atoms with Crippen molar-refractivity contribution < 1.29 is 28.5 Å². The smallest absolute Gasteiger partial charge is 0.270 e. The number of halogens is 2. The molecule has 3 rings (SSSR count). The lowest BCUT2D eigenvalue weighted by Crippen LogP contribution is -2.42. The molecule has 0 spiro atoms. The summed E-state index contributed by atoms with van der Waals surface area (Å²) in [6.45, 7) is -0.734. The quantitative estimate of drug-likeness (QED) is 0.285. The first kappa shape index (κ1) is 21.8. The average Bonchev–Trinajstić information content (AvgIpc) is 2.95. The van der Waals surface area contributed by atoms with Crippen molar-refractivity contribution in [3.05, 3.63) is 74.0 Å². The molecule has 160 valence electrons. The molecule has 4 amide bonds. The number of rotatable bonds is 7. The second-order valence-electron chi connectivity index (χ2n) is 6.39. The number of benzene rings is 2. The molecule has 1 aliphatic rings. The zero-order chi connectivity index (χ0) is 22.7. The van der Waals surface area contributed by atoms with Crippen molar-refractivity contribution in [3.63, 3.8) is 0 Å². The fourth-order valence-electron chi connectivity index (χ4n) is 2.92. The number of amides is 4. The number of non-ortho nitro benzene ring substituents is 1. The summed E-state index contributed by atoms with van der Waals surface area (Å²) >= 11 is 5.80. The van der Waals surface area contributed by atoms with Gasteiger partial charge in [-0.05, 0) is 18.2 Å². The van der Waals surface area contributed by atoms with E-state index in [-0.39, 0.29) is 40.5 Å². The Morgan fingerprint density at radius 3 is 2.42 bits per heavy atom. The molecule has 31 heavy (non-hydrogen) atoms. The largest absolute Gasteiger partial charge is 0.353 e. The molecule has 0 aliphatic carbocycles. The summed E-state index contributed by atoms with van der Waals surface area (Å²) in [5, 5.41) is 15.6. The minimum Gasteiger partial charge on any atom is -0.353 e. The van der Waals surface area contributed by atoms with Gasteiger partial charge in [0.2, 0.25) is 5.91 Å². The Morgan fingerprint density at radius 1 is 1.06 bits per heavy atom. The van der Waals surface area contributed by atoms with E-state index in [0.717, 1.165) is 24.3 Å². The Labute approximate surface area is 179 Å². The van der Waals surface area contributed by atoms with E-state index >= 15 is 0 Å². The normalized spacial score (nSPS) is 12.5. The number of imide groups is 1. The summed E-state index contributed by atoms with van der Waals surface area (Å²) < 4.78 is 13.7. The van der Waals surface area contributed by atoms with Crippen LogP contribution < -0.4 is 10.6 Å². The third-order valence-electron chi connectivity index (χ3n) is 4.39. The summed E-state index contributed by atoms with van der Waals surface area (Å²) in [6, 6.07) is 7.04. The van der Waals surface area contributed by atoms with E-state index in [9.17, 15) is 33.7 Å². The molecule has 2 aromatic rings. The highest BCUT2D eigenvalue weighted by molar-refractivity contribution is 6.33. The number of nitrogens with zero attached hydrogens (tertiary/aromatic N) is 2. The number of carbonyl (C=O) groups is 4. The van der Waals surface area contributed by atoms with Crippen LogP contribution in [-0.2, 0) is 4.79 Å². The lowest BCUT2D eigenvalue weighted by Gasteiger charge is -2.14. The fraction of sp³-hybridized carbons (Fsp3) is 0.158. The van der Waals surface area contributed by atoms with E-state index in [2.05, 4.69) is 10.6 Å². The lowest BCUT2D eigenvalue weighted by atomic mass is 10.1. The van der Waals surface area contributed by atoms with Crippen LogP contribution in [-0.4, -0.2) is 53.1 Å². The number of hydrogen-bond donors (Lipinski definition) is 2. The molecule has 0 bridgehead atoms. The highest BCUT2D eigenvalue weighted by Gasteiger charge is 2.37. The van der Waals surface area contributed by atoms with Gasteiger partial charge in [0, 0.05) is 25.2 Å². The molecular formula is C19H14ClFN4O6. The number of nitro benzene ring substituents is 1. The first-order chi connectivity index (χ1) is 14.7. The van der Waals surface area contributed by atoms with Gasteiger partial charge in [-0.2, -0.15) is 0 Å². The molecule has 10 nitrogen and oxygen atoms in total. The number of carbonyl (C=O) groups excluding carboxylic acids is 4. The minimum absolute atomic E-state index is 0.0302. The van der Waals surface area contributed by atoms with Gasteiger partial charge >= 0.3 is 0 Å². The monoisotopic (exact) mass is 448 g/mol. The molecular weight excluding hydrogens is 435 g/mol. The first-order valence-electron chi connectivity index (χ1n) is 8.84. The number of fused-ring (bicyclic) bond motifs is 1. The standard InChI is InChI=1S/C19H14ClFN4O6/c20-13-2-1-3-14(21)16(13)17(27)23-7-6-22-15(26)9-24-18(28)11-5-4-10(25(30)31)8-12(11)19(24)29/h1-5,8H,6-7,9H2,(H,22,26)(H,23,27). The van der Waals surface area contributed by atoms with Crippen molar-refractivity contribution in [3.8, 4) is 0 Å². The highest BCUT2D eigenvalue weighted by atomic mass is 35.5. The molecule has 0 radical (unpaired) electrons. The lowest BCUT2D eigenvalue weighted by molar-refractivity contribution is -0.384. The SMILES string of the molecule is O=C(CN1C(=O)c2ccc([N+](=O)[O-])cc2C1=O)NCCNC(=O)c1c(F)cccc1Cl. The van der Waals surface area contributed by atoms with Crippen LogP contribution in [0.2, 0.25) is 5.02 Å². The van der Waals surface area contributed by atoms with Crippen molar-refractivity contribution in [1.82, 2.24) is 15.5 Å². The number of nitrogens with one attached hydrogen (secondary N) is 2. The zero-order valence-corrected chi connectivity index (χ0v) is 16.4. The van der Waals surface area contributed by atoms with E-state index in [1.165, 1.54) is 12.1 Å². The molecule has 2 aromatic carbocycles. The predicted octanol–water partition coefficient (Wildman–Crippen LogP) is 1.53. The topological polar surface area (TPSA) is 139 Å². The van der Waals surface area contributed by atoms with Crippen LogP contribution in [0.15, 0.2) is 36.4 Å². The maximum Gasteiger partial charge on any atom is 0.270 e. The van der Waals surface area contributed by atoms with Crippen LogP contribution in [0.1, 0.15) is 31.1 Å². The van der Waals surface area contributed by atoms with E-state index < -0.39 is 40.9 Å². The molecule has 1 heterocycles. The molecule has 12 heteroatoms. The summed E-state index contributed by atoms with van der Waals surface area (Å²) in [4.78, 5) is 59.6. The van der Waals surface area contributed by atoms with Crippen LogP contribution in [0.3, 0.4) is 0 Å². The van der Waals surface area contributed by atoms with Crippen molar-refractivity contribution in [2.45, 2.75) is 0 Å². The Morgan fingerprint density at radius 2 is 1.74 bits per heavy atom. The van der Waals surface area contributed by atoms with Crippen LogP contribution in [0.5, 0.6) is 0 Å². The molecule has 0 unspecified atom stereocenters. The van der Waals surface area contributed by atoms with Crippen LogP contribution in [0.4, 0.5) is 10.1 Å². The second-order valence-corrected chi connectivity index (χ2v) is 6.79. The fourth-order valence-corrected chi connectivity index (χ4v) is 3.17. The molecule has 0 aromatic heterocycles. The average molecular weight is 449 g/mol. The third-order valence-corrected chi connectivity index (χ3v) is 4.70. The van der Waals surface area contributed by atoms with Gasteiger partial charge in [-0.25, -0.2) is 4.39 Å². The van der Waals surface area contributed by atoms with E-state index in [0.29, 0.717) is 4.90 Å². The van der Waals surface area contributed by atoms with Crippen LogP contribution in [0.25, 0.3) is 0 Å². The summed E-state index contributed by atoms with van der Waals surface area (Å²) in [6.07, 6.45) is 0. The molecule has 0 atom stereocenters. The van der Waals surface area contributed by atoms with E-state index in [1.54, 1.807) is 0 Å². The Balaban J connectivity index is 1.52. The highest BCUT2D eigenvalue weighted by Crippen LogP contribution is 2.26. The Kier molecular flexibility index (Phi) is 6.25. The Hall–Kier alpha value is -3.86. The van der Waals surface area contributed by atoms with Crippen molar-refractivity contribution in [2.24, 2.45) is 0 Å². The molecule has 0 fully saturated rings. The van der Waals surface area contributed by atoms with Gasteiger partial charge in [0.15, 0.2) is 0 Å². The summed E-state index contributed by atoms with van der Waals surface area (Å²) in [5.41, 5.74) is -0.856. The van der Waals surface area contributed by atoms with E-state index in [1.807, 2.05) is 0 Å². The van der Waals surface area contributed by atoms with Crippen LogP contribution in [0, 0.1) is 15.9 Å². The maximum absolute atomic E-state index is 13.7. The predicted molar refractivity (Wildman–Crippen MR) is 105 cm³/mol. The molecule has 1 aliphatic heterocycles. The zero-order valence-electron chi connectivity index (χ0n) is 15.7. The van der Waals surface area contributed by atoms with Gasteiger partial charge in [-0.1, -0.05) is 17.7 Å². The number of hydrogen-bond acceptors (Lipinski definition) is 6. The van der Waals surface area contributed by atoms with Gasteiger partial charge in [0.05, 0.1) is 26.6 Å². The summed E-state index contributed by atoms with van der Waals surface area (Å²) in [5.74, 6) is -3.81. The van der Waals surface area contributed by atoms with E-state index in [4.69, 9.17) is 11.6 Å². The van der Waals surface area contributed by atoms with Gasteiger partial charge in [0.1, 0.15) is 12.4 Å². The van der Waals surface area contributed by atoms with Crippen molar-refractivity contribution in [2.75, 3.05) is 19.6 Å². The van der Waals surface area contributed by atoms with Crippen LogP contribution >= 0.6 is 11.6 Å². The van der Waals surface area contributed by atoms with Crippen molar-refractivity contribution in [1.29, 1.82) is 0 Å². The maximum atomic E-state index is 13.7. The molecule has 0 saturated carbocycles. The van der Waals surface area contributed by atoms with Gasteiger partial charge in [0.25, 0.3) is 23.4 Å². The van der Waals surface area contributed by atoms with Crippen molar-refractivity contribution >= 4 is 40.9 Å². The molecule has 2 N–H and O–H groups in total. The van der Waals surface area contributed by atoms with Gasteiger partial charge < -0.3 is 10.6 Å². The minimum atomic E-state index is -0.818. The number of nitro groups is 1. The van der Waals surface area contributed by atoms with Gasteiger partial charge in [-0.3, -0.25) is 34.2 Å². The first-order valence-corrected chi connectivity index (χ1v) is 9.22. The Bertz CT molecular complexity index is 1100. The van der Waals surface area contributed by atoms with Gasteiger partial charge in [-0.15, -0.1) is 0 Å².